The van der Waals surface area contributed by atoms with E-state index >= 15 is 0 Å². The van der Waals surface area contributed by atoms with E-state index in [9.17, 15) is 32.4 Å². The van der Waals surface area contributed by atoms with E-state index in [0.717, 1.165) is 22.7 Å². The number of rotatable bonds is 10. The highest BCUT2D eigenvalue weighted by Crippen LogP contribution is 2.46. The van der Waals surface area contributed by atoms with E-state index in [-0.39, 0.29) is 43.8 Å². The van der Waals surface area contributed by atoms with Crippen molar-refractivity contribution in [2.45, 2.75) is 121 Å². The highest BCUT2D eigenvalue weighted by atomic mass is 32.2. The van der Waals surface area contributed by atoms with Crippen molar-refractivity contribution in [3.8, 4) is 6.01 Å². The molecule has 1 aromatic heterocycles. The van der Waals surface area contributed by atoms with Gasteiger partial charge in [0, 0.05) is 39.0 Å². The van der Waals surface area contributed by atoms with Gasteiger partial charge >= 0.3 is 16.3 Å². The van der Waals surface area contributed by atoms with E-state index in [1.807, 2.05) is 67.0 Å². The van der Waals surface area contributed by atoms with E-state index in [4.69, 9.17) is 14.5 Å². The molecule has 4 N–H and O–H groups in total. The summed E-state index contributed by atoms with van der Waals surface area (Å²) in [6.07, 6.45) is 5.26. The fraction of sp³-hybridized carbons (Fsp3) is 0.535. The number of nitrogens with zero attached hydrogens (tertiary/aromatic N) is 4. The number of carbonyl (C=O) groups excluding carboxylic acids is 5. The van der Waals surface area contributed by atoms with E-state index in [1.165, 1.54) is 19.0 Å². The lowest BCUT2D eigenvalue weighted by Crippen LogP contribution is -2.58. The predicted octanol–water partition coefficient (Wildman–Crippen LogP) is 4.11. The van der Waals surface area contributed by atoms with Crippen molar-refractivity contribution in [3.05, 3.63) is 71.8 Å². The Morgan fingerprint density at radius 2 is 1.77 bits per heavy atom. The molecule has 3 aliphatic rings. The first-order valence-corrected chi connectivity index (χ1v) is 22.3. The first-order chi connectivity index (χ1) is 28.8. The summed E-state index contributed by atoms with van der Waals surface area (Å²) in [6.45, 7) is 9.26. The van der Waals surface area contributed by atoms with Crippen LogP contribution in [0.2, 0.25) is 0 Å². The number of carbonyl (C=O) groups is 5. The number of allylic oxidation sites excluding steroid dienone is 1. The Morgan fingerprint density at radius 1 is 1.03 bits per heavy atom. The van der Waals surface area contributed by atoms with Crippen molar-refractivity contribution >= 4 is 51.0 Å². The molecule has 2 aliphatic heterocycles. The second kappa shape index (κ2) is 18.2. The maximum Gasteiger partial charge on any atom is 0.408 e. The molecule has 3 aromatic rings. The largest absolute Gasteiger partial charge is 0.459 e. The number of nitrogens with one attached hydrogen (secondary N) is 4. The Hall–Kier alpha value is -5.49. The van der Waals surface area contributed by atoms with Gasteiger partial charge in [0.25, 0.3) is 17.8 Å². The minimum atomic E-state index is -4.20. The lowest BCUT2D eigenvalue weighted by molar-refractivity contribution is -0.141. The van der Waals surface area contributed by atoms with Crippen molar-refractivity contribution < 1.29 is 41.9 Å². The molecule has 61 heavy (non-hydrogen) atoms. The number of benzene rings is 2. The van der Waals surface area contributed by atoms with Crippen LogP contribution in [0.4, 0.5) is 4.79 Å². The van der Waals surface area contributed by atoms with Crippen LogP contribution in [0.1, 0.15) is 102 Å². The van der Waals surface area contributed by atoms with E-state index < -0.39 is 69.3 Å². The fourth-order valence-electron chi connectivity index (χ4n) is 7.80. The van der Waals surface area contributed by atoms with E-state index in [2.05, 4.69) is 20.7 Å². The number of hydrogen-bond donors (Lipinski definition) is 4. The van der Waals surface area contributed by atoms with Crippen LogP contribution < -0.4 is 25.4 Å². The molecule has 17 nitrogen and oxygen atoms in total. The molecule has 18 heteroatoms. The number of imidazole rings is 1. The normalized spacial score (nSPS) is 24.2. The summed E-state index contributed by atoms with van der Waals surface area (Å²) in [5, 5.41) is 8.55. The Morgan fingerprint density at radius 3 is 2.46 bits per heavy atom. The molecule has 5 amide bonds. The highest BCUT2D eigenvalue weighted by molar-refractivity contribution is 7.87. The van der Waals surface area contributed by atoms with Gasteiger partial charge in [0.15, 0.2) is 0 Å². The van der Waals surface area contributed by atoms with Gasteiger partial charge in [-0.1, -0.05) is 61.4 Å². The molecule has 0 unspecified atom stereocenters. The van der Waals surface area contributed by atoms with Gasteiger partial charge in [-0.25, -0.2) is 9.52 Å². The molecule has 6 rings (SSSR count). The standard InChI is InChI=1S/C43H58N8O9S/c1-27(2)51-33-22-16-20-31(36(52)44-25-28-17-12-11-13-18-28)35(33)46-40(51)59-30-23-34-37(53)47-43(39(55)48-61(57,58)49(6)7)24-29(43)19-14-9-8-10-15-21-32(38(54)50(34)26-30)45-41(56)60-42(3,4)5/h11-14,16-20,22,27,29-30,32,34H,8-10,15,21,23-26H2,1-7H3,(H,44,52)(H,45,56)(H,47,53)(H,48,55)/b19-14-/t29-,30-,32+,34+,43-/m1/s1. The molecular weight excluding hydrogens is 805 g/mol. The average Bonchev–Trinajstić information content (AvgIpc) is 3.51. The second-order valence-corrected chi connectivity index (χ2v) is 19.3. The van der Waals surface area contributed by atoms with Gasteiger partial charge < -0.3 is 30.3 Å². The third kappa shape index (κ3) is 10.5. The first kappa shape index (κ1) is 45.0. The quantitative estimate of drug-likeness (QED) is 0.215. The molecule has 2 aromatic carbocycles. The zero-order valence-electron chi connectivity index (χ0n) is 35.9. The third-order valence-corrected chi connectivity index (χ3v) is 12.5. The topological polar surface area (TPSA) is 210 Å². The summed E-state index contributed by atoms with van der Waals surface area (Å²) in [4.78, 5) is 75.8. The van der Waals surface area contributed by atoms with Crippen LogP contribution in [0.15, 0.2) is 60.7 Å². The maximum atomic E-state index is 14.7. The van der Waals surface area contributed by atoms with Gasteiger partial charge in [-0.15, -0.1) is 0 Å². The minimum absolute atomic E-state index is 0.0311. The average molecular weight is 863 g/mol. The van der Waals surface area contributed by atoms with Crippen LogP contribution >= 0.6 is 0 Å². The number of fused-ring (bicyclic) bond motifs is 3. The molecule has 1 saturated heterocycles. The number of ether oxygens (including phenoxy) is 2. The van der Waals surface area contributed by atoms with E-state index in [0.29, 0.717) is 36.0 Å². The van der Waals surface area contributed by atoms with Gasteiger partial charge in [-0.3, -0.25) is 23.7 Å². The van der Waals surface area contributed by atoms with Gasteiger partial charge in [-0.05, 0) is 78.0 Å². The van der Waals surface area contributed by atoms with Crippen molar-refractivity contribution in [1.29, 1.82) is 0 Å². The number of hydrogen-bond acceptors (Lipinski definition) is 10. The maximum absolute atomic E-state index is 14.7. The van der Waals surface area contributed by atoms with Gasteiger partial charge in [0.05, 0.1) is 17.6 Å². The molecule has 1 aliphatic carbocycles. The summed E-state index contributed by atoms with van der Waals surface area (Å²) in [5.74, 6) is -2.94. The zero-order chi connectivity index (χ0) is 44.3. The van der Waals surface area contributed by atoms with Crippen molar-refractivity contribution in [1.82, 2.24) is 39.4 Å². The number of para-hydroxylation sites is 1. The number of amides is 5. The fourth-order valence-corrected chi connectivity index (χ4v) is 8.40. The van der Waals surface area contributed by atoms with Crippen LogP contribution in [0.5, 0.6) is 6.01 Å². The minimum Gasteiger partial charge on any atom is -0.459 e. The molecule has 0 radical (unpaired) electrons. The van der Waals surface area contributed by atoms with Crippen molar-refractivity contribution in [2.24, 2.45) is 5.92 Å². The molecule has 3 heterocycles. The van der Waals surface area contributed by atoms with Crippen LogP contribution in [-0.2, 0) is 35.9 Å². The molecular formula is C43H58N8O9S. The molecule has 0 bridgehead atoms. The van der Waals surface area contributed by atoms with Crippen LogP contribution in [0.25, 0.3) is 11.0 Å². The first-order valence-electron chi connectivity index (χ1n) is 20.8. The van der Waals surface area contributed by atoms with Gasteiger partial charge in [-0.2, -0.15) is 17.7 Å². The molecule has 2 fully saturated rings. The lowest BCUT2D eigenvalue weighted by atomic mass is 10.0. The predicted molar refractivity (Wildman–Crippen MR) is 227 cm³/mol. The monoisotopic (exact) mass is 862 g/mol. The van der Waals surface area contributed by atoms with Crippen molar-refractivity contribution in [3.63, 3.8) is 0 Å². The SMILES string of the molecule is CC(C)n1c(O[C@@H]2C[C@H]3C(=O)N[C@]4(C(=O)NS(=O)(=O)N(C)C)C[C@H]4/C=C\CCCCC[C@H](NC(=O)OC(C)(C)C)C(=O)N3C2)nc2c(C(=O)NCc3ccccc3)cccc21. The van der Waals surface area contributed by atoms with Gasteiger partial charge in [0.2, 0.25) is 11.8 Å². The molecule has 5 atom stereocenters. The smallest absolute Gasteiger partial charge is 0.408 e. The summed E-state index contributed by atoms with van der Waals surface area (Å²) in [5.41, 5.74) is -0.0991. The Kier molecular flexibility index (Phi) is 13.5. The second-order valence-electron chi connectivity index (χ2n) is 17.4. The molecule has 330 valence electrons. The zero-order valence-corrected chi connectivity index (χ0v) is 36.7. The van der Waals surface area contributed by atoms with Crippen LogP contribution in [0.3, 0.4) is 0 Å². The van der Waals surface area contributed by atoms with Crippen LogP contribution in [0, 0.1) is 5.92 Å². The summed E-state index contributed by atoms with van der Waals surface area (Å²) < 4.78 is 42.5. The summed E-state index contributed by atoms with van der Waals surface area (Å²) >= 11 is 0. The summed E-state index contributed by atoms with van der Waals surface area (Å²) in [7, 11) is -1.64. The van der Waals surface area contributed by atoms with Gasteiger partial charge in [0.1, 0.15) is 34.8 Å². The lowest BCUT2D eigenvalue weighted by Gasteiger charge is -2.30. The molecule has 0 spiro atoms. The summed E-state index contributed by atoms with van der Waals surface area (Å²) in [6, 6.07) is 12.6. The Balaban J connectivity index is 1.33. The highest BCUT2D eigenvalue weighted by Gasteiger charge is 2.62. The Bertz CT molecular complexity index is 2270. The molecule has 1 saturated carbocycles. The van der Waals surface area contributed by atoms with Crippen LogP contribution in [-0.4, -0.2) is 107 Å². The Labute approximate surface area is 357 Å². The number of alkyl carbamates (subject to hydrolysis) is 1. The van der Waals surface area contributed by atoms with E-state index in [1.54, 1.807) is 32.9 Å². The number of aromatic nitrogens is 2. The van der Waals surface area contributed by atoms with Crippen molar-refractivity contribution in [2.75, 3.05) is 20.6 Å². The third-order valence-electron chi connectivity index (χ3n) is 11.1.